The molecule has 0 radical (unpaired) electrons. The van der Waals surface area contributed by atoms with E-state index in [-0.39, 0.29) is 5.91 Å². The van der Waals surface area contributed by atoms with Gasteiger partial charge in [0.25, 0.3) is 5.91 Å². The number of amides is 1. The Morgan fingerprint density at radius 1 is 1.21 bits per heavy atom. The van der Waals surface area contributed by atoms with E-state index in [0.29, 0.717) is 18.7 Å². The van der Waals surface area contributed by atoms with Crippen LogP contribution in [0.4, 0.5) is 0 Å². The second-order valence-corrected chi connectivity index (χ2v) is 5.69. The molecule has 5 nitrogen and oxygen atoms in total. The standard InChI is InChI=1S/C19H21N3O2/c1-24-13-14-6-4-7-15(12-14)19(23)20-11-5-10-18-21-16-8-2-3-9-17(16)22-18/h2-4,6-9,12H,5,10-11,13H2,1H3,(H,20,23)(H,21,22). The monoisotopic (exact) mass is 323 g/mol. The summed E-state index contributed by atoms with van der Waals surface area (Å²) >= 11 is 0. The van der Waals surface area contributed by atoms with Gasteiger partial charge in [-0.05, 0) is 36.2 Å². The molecule has 0 saturated carbocycles. The number of H-pyrrole nitrogens is 1. The van der Waals surface area contributed by atoms with Gasteiger partial charge in [0.05, 0.1) is 17.6 Å². The van der Waals surface area contributed by atoms with Gasteiger partial charge >= 0.3 is 0 Å². The van der Waals surface area contributed by atoms with Crippen LogP contribution in [0.25, 0.3) is 11.0 Å². The van der Waals surface area contributed by atoms with Crippen LogP contribution in [0.1, 0.15) is 28.2 Å². The van der Waals surface area contributed by atoms with E-state index in [1.54, 1.807) is 7.11 Å². The minimum Gasteiger partial charge on any atom is -0.380 e. The highest BCUT2D eigenvalue weighted by Crippen LogP contribution is 2.11. The summed E-state index contributed by atoms with van der Waals surface area (Å²) in [5, 5.41) is 2.95. The van der Waals surface area contributed by atoms with Gasteiger partial charge in [0, 0.05) is 25.6 Å². The number of hydrogen-bond donors (Lipinski definition) is 2. The minimum atomic E-state index is -0.0578. The lowest BCUT2D eigenvalue weighted by Gasteiger charge is -2.06. The van der Waals surface area contributed by atoms with Crippen molar-refractivity contribution in [2.75, 3.05) is 13.7 Å². The molecule has 2 N–H and O–H groups in total. The van der Waals surface area contributed by atoms with Crippen molar-refractivity contribution < 1.29 is 9.53 Å². The number of nitrogens with one attached hydrogen (secondary N) is 2. The third kappa shape index (κ3) is 4.00. The molecular weight excluding hydrogens is 302 g/mol. The van der Waals surface area contributed by atoms with Crippen LogP contribution in [0, 0.1) is 0 Å². The number of aromatic amines is 1. The van der Waals surface area contributed by atoms with E-state index in [1.807, 2.05) is 48.5 Å². The number of nitrogens with zero attached hydrogens (tertiary/aromatic N) is 1. The van der Waals surface area contributed by atoms with Crippen LogP contribution in [-0.2, 0) is 17.8 Å². The Balaban J connectivity index is 1.49. The molecule has 0 saturated heterocycles. The average molecular weight is 323 g/mol. The zero-order valence-electron chi connectivity index (χ0n) is 13.7. The lowest BCUT2D eigenvalue weighted by atomic mass is 10.1. The maximum atomic E-state index is 12.2. The van der Waals surface area contributed by atoms with E-state index in [0.717, 1.165) is 35.3 Å². The first kappa shape index (κ1) is 16.2. The zero-order valence-corrected chi connectivity index (χ0v) is 13.7. The molecule has 0 bridgehead atoms. The molecule has 0 fully saturated rings. The second kappa shape index (κ2) is 7.75. The molecule has 1 heterocycles. The fourth-order valence-electron chi connectivity index (χ4n) is 2.65. The first-order valence-electron chi connectivity index (χ1n) is 8.06. The molecule has 24 heavy (non-hydrogen) atoms. The molecule has 124 valence electrons. The van der Waals surface area contributed by atoms with Gasteiger partial charge in [-0.25, -0.2) is 4.98 Å². The molecule has 0 atom stereocenters. The summed E-state index contributed by atoms with van der Waals surface area (Å²) in [7, 11) is 1.64. The highest BCUT2D eigenvalue weighted by molar-refractivity contribution is 5.94. The van der Waals surface area contributed by atoms with E-state index < -0.39 is 0 Å². The summed E-state index contributed by atoms with van der Waals surface area (Å²) < 4.78 is 5.09. The Morgan fingerprint density at radius 2 is 2.08 bits per heavy atom. The Bertz CT molecular complexity index is 793. The highest BCUT2D eigenvalue weighted by atomic mass is 16.5. The SMILES string of the molecule is COCc1cccc(C(=O)NCCCc2nc3ccccc3[nH]2)c1. The molecule has 0 spiro atoms. The van der Waals surface area contributed by atoms with Gasteiger partial charge in [-0.15, -0.1) is 0 Å². The minimum absolute atomic E-state index is 0.0578. The number of methoxy groups -OCH3 is 1. The maximum absolute atomic E-state index is 12.2. The van der Waals surface area contributed by atoms with E-state index in [1.165, 1.54) is 0 Å². The Hall–Kier alpha value is -2.66. The third-order valence-corrected chi connectivity index (χ3v) is 3.81. The number of imidazole rings is 1. The topological polar surface area (TPSA) is 67.0 Å². The van der Waals surface area contributed by atoms with Crippen LogP contribution >= 0.6 is 0 Å². The first-order valence-corrected chi connectivity index (χ1v) is 8.06. The number of carbonyl (C=O) groups excluding carboxylic acids is 1. The predicted molar refractivity (Wildman–Crippen MR) is 93.9 cm³/mol. The van der Waals surface area contributed by atoms with Gasteiger partial charge in [0.15, 0.2) is 0 Å². The Labute approximate surface area is 141 Å². The number of aromatic nitrogens is 2. The summed E-state index contributed by atoms with van der Waals surface area (Å²) in [4.78, 5) is 20.0. The fraction of sp³-hybridized carbons (Fsp3) is 0.263. The van der Waals surface area contributed by atoms with Crippen molar-refractivity contribution in [3.8, 4) is 0 Å². The number of hydrogen-bond acceptors (Lipinski definition) is 3. The number of benzene rings is 2. The van der Waals surface area contributed by atoms with Crippen molar-refractivity contribution in [1.29, 1.82) is 0 Å². The Kier molecular flexibility index (Phi) is 5.23. The van der Waals surface area contributed by atoms with Crippen LogP contribution in [0.3, 0.4) is 0 Å². The molecule has 1 aromatic heterocycles. The van der Waals surface area contributed by atoms with E-state index in [4.69, 9.17) is 4.74 Å². The van der Waals surface area contributed by atoms with Crippen molar-refractivity contribution in [2.24, 2.45) is 0 Å². The Morgan fingerprint density at radius 3 is 2.92 bits per heavy atom. The molecule has 3 rings (SSSR count). The van der Waals surface area contributed by atoms with Gasteiger partial charge in [0.1, 0.15) is 5.82 Å². The van der Waals surface area contributed by atoms with Crippen LogP contribution in [0.5, 0.6) is 0 Å². The number of fused-ring (bicyclic) bond motifs is 1. The van der Waals surface area contributed by atoms with E-state index in [9.17, 15) is 4.79 Å². The average Bonchev–Trinajstić information content (AvgIpc) is 3.02. The molecule has 0 aliphatic heterocycles. The van der Waals surface area contributed by atoms with Gasteiger partial charge in [0.2, 0.25) is 0 Å². The lowest BCUT2D eigenvalue weighted by Crippen LogP contribution is -2.24. The van der Waals surface area contributed by atoms with E-state index in [2.05, 4.69) is 15.3 Å². The van der Waals surface area contributed by atoms with Crippen molar-refractivity contribution in [1.82, 2.24) is 15.3 Å². The highest BCUT2D eigenvalue weighted by Gasteiger charge is 2.06. The molecule has 0 aliphatic carbocycles. The molecule has 0 aliphatic rings. The maximum Gasteiger partial charge on any atom is 0.251 e. The van der Waals surface area contributed by atoms with Crippen LogP contribution < -0.4 is 5.32 Å². The molecular formula is C19H21N3O2. The first-order chi connectivity index (χ1) is 11.8. The third-order valence-electron chi connectivity index (χ3n) is 3.81. The number of ether oxygens (including phenoxy) is 1. The fourth-order valence-corrected chi connectivity index (χ4v) is 2.65. The van der Waals surface area contributed by atoms with Crippen LogP contribution in [0.2, 0.25) is 0 Å². The second-order valence-electron chi connectivity index (χ2n) is 5.69. The molecule has 5 heteroatoms. The van der Waals surface area contributed by atoms with Crippen LogP contribution in [-0.4, -0.2) is 29.5 Å². The largest absolute Gasteiger partial charge is 0.380 e. The zero-order chi connectivity index (χ0) is 16.8. The van der Waals surface area contributed by atoms with Crippen molar-refractivity contribution in [3.63, 3.8) is 0 Å². The quantitative estimate of drug-likeness (QED) is 0.657. The van der Waals surface area contributed by atoms with Crippen molar-refractivity contribution in [2.45, 2.75) is 19.4 Å². The summed E-state index contributed by atoms with van der Waals surface area (Å²) in [6.45, 7) is 1.12. The summed E-state index contributed by atoms with van der Waals surface area (Å²) in [6, 6.07) is 15.5. The lowest BCUT2D eigenvalue weighted by molar-refractivity contribution is 0.0953. The molecule has 3 aromatic rings. The predicted octanol–water partition coefficient (Wildman–Crippen LogP) is 3.07. The van der Waals surface area contributed by atoms with Crippen molar-refractivity contribution in [3.05, 3.63) is 65.5 Å². The molecule has 1 amide bonds. The molecule has 2 aromatic carbocycles. The van der Waals surface area contributed by atoms with Gasteiger partial charge in [-0.3, -0.25) is 4.79 Å². The normalized spacial score (nSPS) is 10.9. The molecule has 0 unspecified atom stereocenters. The number of para-hydroxylation sites is 2. The summed E-state index contributed by atoms with van der Waals surface area (Å²) in [6.07, 6.45) is 1.64. The van der Waals surface area contributed by atoms with E-state index >= 15 is 0 Å². The number of rotatable bonds is 7. The van der Waals surface area contributed by atoms with Crippen molar-refractivity contribution >= 4 is 16.9 Å². The summed E-state index contributed by atoms with van der Waals surface area (Å²) in [5.74, 6) is 0.894. The summed E-state index contributed by atoms with van der Waals surface area (Å²) in [5.41, 5.74) is 3.68. The van der Waals surface area contributed by atoms with Crippen LogP contribution in [0.15, 0.2) is 48.5 Å². The number of aryl methyl sites for hydroxylation is 1. The smallest absolute Gasteiger partial charge is 0.251 e. The van der Waals surface area contributed by atoms with Gasteiger partial charge in [-0.2, -0.15) is 0 Å². The van der Waals surface area contributed by atoms with Gasteiger partial charge < -0.3 is 15.0 Å². The van der Waals surface area contributed by atoms with Gasteiger partial charge in [-0.1, -0.05) is 24.3 Å². The number of carbonyl (C=O) groups is 1.